The van der Waals surface area contributed by atoms with E-state index in [4.69, 9.17) is 0 Å². The van der Waals surface area contributed by atoms with Crippen molar-refractivity contribution >= 4 is 32.8 Å². The number of piperazine rings is 1. The van der Waals surface area contributed by atoms with Gasteiger partial charge in [-0.3, -0.25) is 4.90 Å². The van der Waals surface area contributed by atoms with Crippen molar-refractivity contribution < 1.29 is 0 Å². The Labute approximate surface area is 213 Å². The fourth-order valence-corrected chi connectivity index (χ4v) is 5.19. The topological polar surface area (TPSA) is 50.1 Å². The first kappa shape index (κ1) is 21.9. The fraction of sp³-hybridized carbons (Fsp3) is 0.179. The molecule has 174 valence electrons. The van der Waals surface area contributed by atoms with Crippen molar-refractivity contribution in [2.75, 3.05) is 31.1 Å². The van der Waals surface area contributed by atoms with E-state index >= 15 is 0 Å². The number of halogens is 1. The van der Waals surface area contributed by atoms with Crippen LogP contribution in [-0.4, -0.2) is 50.8 Å². The van der Waals surface area contributed by atoms with Crippen molar-refractivity contribution in [3.8, 4) is 5.69 Å². The quantitative estimate of drug-likeness (QED) is 0.304. The Balaban J connectivity index is 1.27. The summed E-state index contributed by atoms with van der Waals surface area (Å²) in [5, 5.41) is 5.61. The molecule has 5 aromatic rings. The summed E-state index contributed by atoms with van der Waals surface area (Å²) in [5.41, 5.74) is 4.45. The summed E-state index contributed by atoms with van der Waals surface area (Å²) in [6.45, 7) is 3.66. The number of rotatable bonds is 5. The number of hydrogen-bond donors (Lipinski definition) is 0. The van der Waals surface area contributed by atoms with Gasteiger partial charge in [0, 0.05) is 30.7 Å². The van der Waals surface area contributed by atoms with Gasteiger partial charge < -0.3 is 4.90 Å². The molecule has 1 atom stereocenters. The standard InChI is InChI=1S/C28H25BrN6/c29-23-13-11-22(12-14-23)26(21-7-3-1-4-8-21)33-15-17-34(18-16-33)27-25-19-32-35(28(25)31-20-30-27)24-9-5-2-6-10-24/h1-14,19-20,26H,15-18H2. The summed E-state index contributed by atoms with van der Waals surface area (Å²) in [6.07, 6.45) is 3.54. The van der Waals surface area contributed by atoms with Gasteiger partial charge in [-0.05, 0) is 35.4 Å². The average Bonchev–Trinajstić information content (AvgIpc) is 3.36. The minimum absolute atomic E-state index is 0.220. The van der Waals surface area contributed by atoms with Gasteiger partial charge in [-0.25, -0.2) is 14.6 Å². The van der Waals surface area contributed by atoms with Crippen molar-refractivity contribution in [3.63, 3.8) is 0 Å². The molecule has 0 aliphatic carbocycles. The second kappa shape index (κ2) is 9.60. The molecule has 0 saturated carbocycles. The summed E-state index contributed by atoms with van der Waals surface area (Å²) >= 11 is 3.58. The van der Waals surface area contributed by atoms with Crippen molar-refractivity contribution in [1.82, 2.24) is 24.6 Å². The van der Waals surface area contributed by atoms with Crippen LogP contribution < -0.4 is 4.90 Å². The maximum absolute atomic E-state index is 4.67. The smallest absolute Gasteiger partial charge is 0.168 e. The van der Waals surface area contributed by atoms with Crippen LogP contribution in [0.25, 0.3) is 16.7 Å². The van der Waals surface area contributed by atoms with Gasteiger partial charge in [0.25, 0.3) is 0 Å². The van der Waals surface area contributed by atoms with Crippen LogP contribution in [0.5, 0.6) is 0 Å². The van der Waals surface area contributed by atoms with Crippen LogP contribution in [0.1, 0.15) is 17.2 Å². The normalized spacial score (nSPS) is 15.4. The third kappa shape index (κ3) is 4.33. The second-order valence-electron chi connectivity index (χ2n) is 8.71. The van der Waals surface area contributed by atoms with E-state index in [1.165, 1.54) is 11.1 Å². The van der Waals surface area contributed by atoms with Gasteiger partial charge in [-0.15, -0.1) is 0 Å². The lowest BCUT2D eigenvalue weighted by molar-refractivity contribution is 0.212. The molecule has 0 radical (unpaired) electrons. The molecule has 1 fully saturated rings. The van der Waals surface area contributed by atoms with Crippen molar-refractivity contribution in [2.45, 2.75) is 6.04 Å². The monoisotopic (exact) mass is 524 g/mol. The Bertz CT molecular complexity index is 1410. The van der Waals surface area contributed by atoms with Crippen LogP contribution >= 0.6 is 15.9 Å². The highest BCUT2D eigenvalue weighted by atomic mass is 79.9. The minimum Gasteiger partial charge on any atom is -0.353 e. The summed E-state index contributed by atoms with van der Waals surface area (Å²) in [4.78, 5) is 14.2. The number of para-hydroxylation sites is 1. The lowest BCUT2D eigenvalue weighted by Crippen LogP contribution is -2.48. The van der Waals surface area contributed by atoms with E-state index in [9.17, 15) is 0 Å². The molecule has 0 N–H and O–H groups in total. The molecule has 1 saturated heterocycles. The Kier molecular flexibility index (Phi) is 6.02. The average molecular weight is 525 g/mol. The molecular formula is C28H25BrN6. The van der Waals surface area contributed by atoms with E-state index in [1.54, 1.807) is 6.33 Å². The molecule has 1 aliphatic heterocycles. The van der Waals surface area contributed by atoms with E-state index in [0.29, 0.717) is 0 Å². The Morgan fingerprint density at radius 3 is 2.09 bits per heavy atom. The van der Waals surface area contributed by atoms with Gasteiger partial charge in [0.05, 0.1) is 23.3 Å². The Morgan fingerprint density at radius 1 is 0.714 bits per heavy atom. The molecular weight excluding hydrogens is 500 g/mol. The lowest BCUT2D eigenvalue weighted by atomic mass is 9.96. The van der Waals surface area contributed by atoms with Crippen molar-refractivity contribution in [3.05, 3.63) is 113 Å². The molecule has 6 nitrogen and oxygen atoms in total. The van der Waals surface area contributed by atoms with Gasteiger partial charge in [0.15, 0.2) is 5.65 Å². The zero-order chi connectivity index (χ0) is 23.6. The van der Waals surface area contributed by atoms with Crippen LogP contribution in [0.3, 0.4) is 0 Å². The maximum Gasteiger partial charge on any atom is 0.168 e. The van der Waals surface area contributed by atoms with Crippen molar-refractivity contribution in [1.29, 1.82) is 0 Å². The third-order valence-corrected chi connectivity index (χ3v) is 7.15. The van der Waals surface area contributed by atoms with Crippen LogP contribution in [0, 0.1) is 0 Å². The minimum atomic E-state index is 0.220. The fourth-order valence-electron chi connectivity index (χ4n) is 4.93. The summed E-state index contributed by atoms with van der Waals surface area (Å²) < 4.78 is 2.98. The molecule has 2 aromatic heterocycles. The van der Waals surface area contributed by atoms with Crippen LogP contribution in [0.15, 0.2) is 102 Å². The highest BCUT2D eigenvalue weighted by Gasteiger charge is 2.28. The third-order valence-electron chi connectivity index (χ3n) is 6.63. The van der Waals surface area contributed by atoms with Gasteiger partial charge in [-0.2, -0.15) is 5.10 Å². The Morgan fingerprint density at radius 2 is 1.37 bits per heavy atom. The first-order valence-electron chi connectivity index (χ1n) is 11.8. The van der Waals surface area contributed by atoms with Gasteiger partial charge in [-0.1, -0.05) is 76.6 Å². The molecule has 0 amide bonds. The molecule has 3 aromatic carbocycles. The molecule has 3 heterocycles. The highest BCUT2D eigenvalue weighted by molar-refractivity contribution is 9.10. The zero-order valence-electron chi connectivity index (χ0n) is 19.2. The maximum atomic E-state index is 4.67. The highest BCUT2D eigenvalue weighted by Crippen LogP contribution is 2.32. The predicted octanol–water partition coefficient (Wildman–Crippen LogP) is 5.49. The van der Waals surface area contributed by atoms with Crippen LogP contribution in [0.4, 0.5) is 5.82 Å². The zero-order valence-corrected chi connectivity index (χ0v) is 20.8. The van der Waals surface area contributed by atoms with Crippen LogP contribution in [-0.2, 0) is 0 Å². The van der Waals surface area contributed by atoms with Crippen LogP contribution in [0.2, 0.25) is 0 Å². The molecule has 7 heteroatoms. The van der Waals surface area contributed by atoms with Crippen molar-refractivity contribution in [2.24, 2.45) is 0 Å². The molecule has 35 heavy (non-hydrogen) atoms. The summed E-state index contributed by atoms with van der Waals surface area (Å²) in [6, 6.07) is 29.8. The van der Waals surface area contributed by atoms with E-state index < -0.39 is 0 Å². The molecule has 0 spiro atoms. The number of anilines is 1. The van der Waals surface area contributed by atoms with E-state index in [1.807, 2.05) is 41.2 Å². The number of hydrogen-bond acceptors (Lipinski definition) is 5. The number of fused-ring (bicyclic) bond motifs is 1. The van der Waals surface area contributed by atoms with Gasteiger partial charge >= 0.3 is 0 Å². The first-order chi connectivity index (χ1) is 17.3. The number of benzene rings is 3. The van der Waals surface area contributed by atoms with E-state index in [2.05, 4.69) is 95.4 Å². The Hall–Kier alpha value is -3.55. The van der Waals surface area contributed by atoms with Gasteiger partial charge in [0.2, 0.25) is 0 Å². The largest absolute Gasteiger partial charge is 0.353 e. The molecule has 0 bridgehead atoms. The summed E-state index contributed by atoms with van der Waals surface area (Å²) in [7, 11) is 0. The molecule has 6 rings (SSSR count). The SMILES string of the molecule is Brc1ccc(C(c2ccccc2)N2CCN(c3ncnc4c3cnn4-c3ccccc3)CC2)cc1. The summed E-state index contributed by atoms with van der Waals surface area (Å²) in [5.74, 6) is 0.955. The second-order valence-corrected chi connectivity index (χ2v) is 9.63. The van der Waals surface area contributed by atoms with E-state index in [0.717, 1.165) is 53.2 Å². The van der Waals surface area contributed by atoms with E-state index in [-0.39, 0.29) is 6.04 Å². The number of nitrogens with zero attached hydrogens (tertiary/aromatic N) is 6. The predicted molar refractivity (Wildman–Crippen MR) is 143 cm³/mol. The molecule has 1 aliphatic rings. The number of aromatic nitrogens is 4. The molecule has 1 unspecified atom stereocenters. The lowest BCUT2D eigenvalue weighted by Gasteiger charge is -2.40. The van der Waals surface area contributed by atoms with Gasteiger partial charge in [0.1, 0.15) is 12.1 Å². The first-order valence-corrected chi connectivity index (χ1v) is 12.6.